The lowest BCUT2D eigenvalue weighted by Gasteiger charge is -2.54. The van der Waals surface area contributed by atoms with Crippen molar-refractivity contribution in [2.24, 2.45) is 11.8 Å². The summed E-state index contributed by atoms with van der Waals surface area (Å²) in [5.41, 5.74) is 4.19. The molecule has 1 heterocycles. The third-order valence-corrected chi connectivity index (χ3v) is 10.2. The molecule has 0 aromatic heterocycles. The van der Waals surface area contributed by atoms with Crippen molar-refractivity contribution in [3.05, 3.63) is 131 Å². The molecule has 0 unspecified atom stereocenters. The molecule has 0 radical (unpaired) electrons. The zero-order chi connectivity index (χ0) is 29.9. The Hall–Kier alpha value is -4.13. The first-order valence-corrected chi connectivity index (χ1v) is 15.1. The van der Waals surface area contributed by atoms with Crippen molar-refractivity contribution < 1.29 is 19.1 Å². The van der Waals surface area contributed by atoms with Crippen molar-refractivity contribution in [2.75, 3.05) is 11.9 Å². The number of imide groups is 1. The number of rotatable bonds is 7. The second kappa shape index (κ2) is 10.2. The van der Waals surface area contributed by atoms with Crippen LogP contribution in [0.5, 0.6) is 5.75 Å². The highest BCUT2D eigenvalue weighted by Gasteiger charge is 2.73. The molecule has 1 aliphatic heterocycles. The number of nitrogens with zero attached hydrogens (tertiary/aromatic N) is 1. The summed E-state index contributed by atoms with van der Waals surface area (Å²) in [4.78, 5) is 41.7. The molecule has 1 saturated heterocycles. The van der Waals surface area contributed by atoms with Crippen LogP contribution in [0, 0.1) is 11.8 Å². The number of benzene rings is 4. The maximum absolute atomic E-state index is 14.6. The van der Waals surface area contributed by atoms with E-state index in [9.17, 15) is 14.4 Å². The summed E-state index contributed by atoms with van der Waals surface area (Å²) < 4.78 is 5.52. The Morgan fingerprint density at radius 3 is 1.70 bits per heavy atom. The van der Waals surface area contributed by atoms with Crippen LogP contribution in [0.25, 0.3) is 0 Å². The van der Waals surface area contributed by atoms with Gasteiger partial charge < -0.3 is 10.1 Å². The molecule has 3 aliphatic carbocycles. The predicted molar refractivity (Wildman–Crippen MR) is 165 cm³/mol. The predicted octanol–water partition coefficient (Wildman–Crippen LogP) is 6.23. The van der Waals surface area contributed by atoms with Crippen molar-refractivity contribution in [1.82, 2.24) is 4.90 Å². The number of nitrogens with one attached hydrogen (secondary N) is 1. The Kier molecular flexibility index (Phi) is 6.60. The number of hydrogen-bond acceptors (Lipinski definition) is 4. The third-order valence-electron chi connectivity index (χ3n) is 8.94. The molecule has 8 heteroatoms. The van der Waals surface area contributed by atoms with Crippen LogP contribution in [-0.2, 0) is 30.6 Å². The normalized spacial score (nSPS) is 25.5. The van der Waals surface area contributed by atoms with Crippen LogP contribution >= 0.6 is 23.2 Å². The van der Waals surface area contributed by atoms with Gasteiger partial charge >= 0.3 is 0 Å². The Bertz CT molecular complexity index is 1640. The first kappa shape index (κ1) is 27.7. The first-order chi connectivity index (χ1) is 20.8. The molecule has 1 fully saturated rings. The van der Waals surface area contributed by atoms with Crippen molar-refractivity contribution in [3.63, 3.8) is 0 Å². The van der Waals surface area contributed by atoms with E-state index in [1.165, 1.54) is 0 Å². The summed E-state index contributed by atoms with van der Waals surface area (Å²) in [6.45, 7) is 2.41. The van der Waals surface area contributed by atoms with E-state index in [1.54, 1.807) is 24.3 Å². The van der Waals surface area contributed by atoms with E-state index < -0.39 is 45.3 Å². The van der Waals surface area contributed by atoms with Crippen LogP contribution < -0.4 is 10.1 Å². The maximum Gasteiger partial charge on any atom is 0.248 e. The van der Waals surface area contributed by atoms with Crippen molar-refractivity contribution in [3.8, 4) is 5.75 Å². The van der Waals surface area contributed by atoms with Gasteiger partial charge in [0.2, 0.25) is 17.7 Å². The molecule has 3 amide bonds. The molecule has 4 aromatic carbocycles. The lowest BCUT2D eigenvalue weighted by Crippen LogP contribution is -2.57. The average Bonchev–Trinajstić information content (AvgIpc) is 3.30. The van der Waals surface area contributed by atoms with Gasteiger partial charge in [0, 0.05) is 12.1 Å². The first-order valence-electron chi connectivity index (χ1n) is 14.3. The zero-order valence-corrected chi connectivity index (χ0v) is 24.8. The number of likely N-dealkylation sites (tertiary alicyclic amines) is 1. The van der Waals surface area contributed by atoms with E-state index in [0.29, 0.717) is 40.3 Å². The number of carbonyl (C=O) groups is 3. The van der Waals surface area contributed by atoms with Gasteiger partial charge in [0.25, 0.3) is 0 Å². The Labute approximate surface area is 259 Å². The summed E-state index contributed by atoms with van der Waals surface area (Å²) in [7, 11) is 0. The fraction of sp³-hybridized carbons (Fsp3) is 0.229. The number of amides is 3. The smallest absolute Gasteiger partial charge is 0.248 e. The largest absolute Gasteiger partial charge is 0.494 e. The summed E-state index contributed by atoms with van der Waals surface area (Å²) in [6.07, 6.45) is 0.130. The molecule has 8 rings (SSSR count). The van der Waals surface area contributed by atoms with Crippen molar-refractivity contribution >= 4 is 46.6 Å². The van der Waals surface area contributed by atoms with Crippen molar-refractivity contribution in [1.29, 1.82) is 0 Å². The highest BCUT2D eigenvalue weighted by molar-refractivity contribution is 6.36. The Morgan fingerprint density at radius 1 is 0.767 bits per heavy atom. The molecule has 1 N–H and O–H groups in total. The molecular weight excluding hydrogens is 583 g/mol. The van der Waals surface area contributed by atoms with E-state index in [0.717, 1.165) is 10.5 Å². The lowest BCUT2D eigenvalue weighted by molar-refractivity contribution is -0.146. The summed E-state index contributed by atoms with van der Waals surface area (Å²) >= 11 is 15.2. The van der Waals surface area contributed by atoms with Crippen LogP contribution in [0.2, 0.25) is 0 Å². The fourth-order valence-electron chi connectivity index (χ4n) is 7.16. The lowest BCUT2D eigenvalue weighted by atomic mass is 9.54. The molecule has 4 aromatic rings. The van der Waals surface area contributed by atoms with E-state index >= 15 is 0 Å². The summed E-state index contributed by atoms with van der Waals surface area (Å²) in [5.74, 6) is -2.78. The molecule has 0 spiro atoms. The number of hydrogen-bond donors (Lipinski definition) is 1. The van der Waals surface area contributed by atoms with Gasteiger partial charge in [-0.3, -0.25) is 19.3 Å². The number of ether oxygens (including phenoxy) is 1. The van der Waals surface area contributed by atoms with E-state index in [-0.39, 0.29) is 6.42 Å². The minimum atomic E-state index is -1.32. The molecule has 43 heavy (non-hydrogen) atoms. The second-order valence-corrected chi connectivity index (χ2v) is 12.4. The van der Waals surface area contributed by atoms with Gasteiger partial charge in [0.1, 0.15) is 21.5 Å². The van der Waals surface area contributed by atoms with Gasteiger partial charge in [-0.15, -0.1) is 23.2 Å². The van der Waals surface area contributed by atoms with Gasteiger partial charge in [-0.05, 0) is 59.0 Å². The molecular formula is C35H28Cl2N2O4. The molecule has 216 valence electrons. The molecule has 6 nitrogen and oxygen atoms in total. The minimum Gasteiger partial charge on any atom is -0.494 e. The van der Waals surface area contributed by atoms with Gasteiger partial charge in [-0.2, -0.15) is 0 Å². The molecule has 0 saturated carbocycles. The zero-order valence-electron chi connectivity index (χ0n) is 23.3. The number of carbonyl (C=O) groups excluding carboxylic acids is 3. The third kappa shape index (κ3) is 3.96. The minimum absolute atomic E-state index is 0.130. The van der Waals surface area contributed by atoms with Gasteiger partial charge in [0.15, 0.2) is 0 Å². The number of alkyl halides is 2. The number of anilines is 1. The SMILES string of the molecule is CCOc1ccc(NC(=O)[C@H](Cc2ccccc2)N2C(=O)[C@@H]3[C@@H](C2=O)C2(Cl)c4ccccc4C3(Cl)c3ccccc32)cc1. The highest BCUT2D eigenvalue weighted by Crippen LogP contribution is 2.69. The topological polar surface area (TPSA) is 75.7 Å². The molecule has 3 atom stereocenters. The van der Waals surface area contributed by atoms with Gasteiger partial charge in [0.05, 0.1) is 18.4 Å². The molecule has 2 bridgehead atoms. The van der Waals surface area contributed by atoms with Crippen LogP contribution in [0.4, 0.5) is 5.69 Å². The molecule has 4 aliphatic rings. The standard InChI is InChI=1S/C35H28Cl2N2O4/c1-2-43-23-18-16-22(17-19-23)38-31(40)28(20-21-10-4-3-5-11-21)39-32(41)29-30(33(39)42)35(37)25-13-7-6-12-24(25)34(29,36)26-14-8-9-15-27(26)35/h3-19,28-30H,2,20H2,1H3,(H,38,40)/t28-,29-,30-,34?,35?/m0/s1. The quantitative estimate of drug-likeness (QED) is 0.199. The number of halogens is 2. The van der Waals surface area contributed by atoms with Crippen molar-refractivity contribution in [2.45, 2.75) is 29.1 Å². The van der Waals surface area contributed by atoms with E-state index in [2.05, 4.69) is 5.32 Å². The van der Waals surface area contributed by atoms with E-state index in [4.69, 9.17) is 27.9 Å². The van der Waals surface area contributed by atoms with Crippen LogP contribution in [0.3, 0.4) is 0 Å². The monoisotopic (exact) mass is 610 g/mol. The Morgan fingerprint density at radius 2 is 1.23 bits per heavy atom. The average molecular weight is 612 g/mol. The van der Waals surface area contributed by atoms with Crippen LogP contribution in [-0.4, -0.2) is 35.3 Å². The van der Waals surface area contributed by atoms with Gasteiger partial charge in [-0.1, -0.05) is 78.9 Å². The van der Waals surface area contributed by atoms with Gasteiger partial charge in [-0.25, -0.2) is 0 Å². The Balaban J connectivity index is 1.32. The van der Waals surface area contributed by atoms with Crippen LogP contribution in [0.1, 0.15) is 34.7 Å². The fourth-order valence-corrected chi connectivity index (χ4v) is 8.26. The summed E-state index contributed by atoms with van der Waals surface area (Å²) in [6, 6.07) is 30.2. The van der Waals surface area contributed by atoms with E-state index in [1.807, 2.05) is 85.8 Å². The van der Waals surface area contributed by atoms with Crippen LogP contribution in [0.15, 0.2) is 103 Å². The second-order valence-electron chi connectivity index (χ2n) is 11.2. The highest BCUT2D eigenvalue weighted by atomic mass is 35.5. The maximum atomic E-state index is 14.6. The summed E-state index contributed by atoms with van der Waals surface area (Å²) in [5, 5.41) is 2.92.